The zero-order valence-electron chi connectivity index (χ0n) is 25.4. The summed E-state index contributed by atoms with van der Waals surface area (Å²) in [5.41, 5.74) is -0.338. The largest absolute Gasteiger partial charge is 0.477 e. The molecule has 0 radical (unpaired) electrons. The molecule has 0 spiro atoms. The molecule has 0 amide bonds. The van der Waals surface area contributed by atoms with Crippen LogP contribution in [0.2, 0.25) is 0 Å². The van der Waals surface area contributed by atoms with Gasteiger partial charge < -0.3 is 38.3 Å². The van der Waals surface area contributed by atoms with E-state index in [9.17, 15) is 29.1 Å². The average molecular weight is 634 g/mol. The topological polar surface area (TPSA) is 163 Å². The van der Waals surface area contributed by atoms with Crippen molar-refractivity contribution in [2.45, 2.75) is 70.4 Å². The number of methoxy groups -OCH3 is 1. The lowest BCUT2D eigenvalue weighted by atomic mass is 9.97. The first-order valence-electron chi connectivity index (χ1n) is 14.7. The minimum Gasteiger partial charge on any atom is -0.477 e. The lowest BCUT2D eigenvalue weighted by Crippen LogP contribution is -2.64. The van der Waals surface area contributed by atoms with Crippen molar-refractivity contribution in [3.8, 4) is 0 Å². The fraction of sp³-hybridized carbons (Fsp3) is 0.567. The van der Waals surface area contributed by atoms with Gasteiger partial charge in [-0.05, 0) is 25.0 Å². The maximum absolute atomic E-state index is 15.5. The number of aromatic nitrogens is 1. The summed E-state index contributed by atoms with van der Waals surface area (Å²) >= 11 is 0. The molecule has 5 atom stereocenters. The number of carboxylic acid groups (broad SMARTS) is 1. The van der Waals surface area contributed by atoms with Crippen molar-refractivity contribution in [3.05, 3.63) is 39.9 Å². The third-order valence-electron chi connectivity index (χ3n) is 8.15. The molecule has 3 fully saturated rings. The van der Waals surface area contributed by atoms with E-state index in [0.717, 1.165) is 18.9 Å². The Bertz CT molecular complexity index is 1550. The van der Waals surface area contributed by atoms with Crippen molar-refractivity contribution in [2.24, 2.45) is 0 Å². The number of ether oxygens (including phenoxy) is 5. The molecule has 244 valence electrons. The number of carbonyl (C=O) groups excluding carboxylic acids is 3. The normalized spacial score (nSPS) is 25.5. The van der Waals surface area contributed by atoms with Gasteiger partial charge in [0.1, 0.15) is 17.5 Å². The number of esters is 3. The molecule has 1 aromatic carbocycles. The third-order valence-corrected chi connectivity index (χ3v) is 8.15. The number of hydrogen-bond donors (Lipinski definition) is 1. The summed E-state index contributed by atoms with van der Waals surface area (Å²) in [7, 11) is 1.34. The SMILES string of the molecule is CO[C@H]1O[C@H](CN2CCN(c3cc4c(cc3F)c(=O)c(C(=O)O)cn4C3CC3)CC2)[C@@H](OC(C)=O)[C@H](OC(C)=O)[C@H]1OC(C)=O. The van der Waals surface area contributed by atoms with Crippen molar-refractivity contribution >= 4 is 40.5 Å². The van der Waals surface area contributed by atoms with Crippen LogP contribution in [0.4, 0.5) is 10.1 Å². The number of piperazine rings is 1. The number of nitrogens with zero attached hydrogens (tertiary/aromatic N) is 3. The van der Waals surface area contributed by atoms with Gasteiger partial charge in [0.15, 0.2) is 24.6 Å². The molecule has 2 saturated heterocycles. The lowest BCUT2D eigenvalue weighted by Gasteiger charge is -2.46. The van der Waals surface area contributed by atoms with Crippen LogP contribution < -0.4 is 10.3 Å². The number of benzene rings is 1. The monoisotopic (exact) mass is 633 g/mol. The molecule has 0 unspecified atom stereocenters. The van der Waals surface area contributed by atoms with Crippen molar-refractivity contribution in [1.82, 2.24) is 9.47 Å². The molecule has 3 aliphatic rings. The number of fused-ring (bicyclic) bond motifs is 1. The van der Waals surface area contributed by atoms with Crippen LogP contribution in [0.1, 0.15) is 50.0 Å². The first-order valence-corrected chi connectivity index (χ1v) is 14.7. The van der Waals surface area contributed by atoms with E-state index in [4.69, 9.17) is 23.7 Å². The van der Waals surface area contributed by atoms with Gasteiger partial charge in [0.25, 0.3) is 0 Å². The van der Waals surface area contributed by atoms with E-state index in [-0.39, 0.29) is 18.0 Å². The lowest BCUT2D eigenvalue weighted by molar-refractivity contribution is -0.299. The Balaban J connectivity index is 1.35. The van der Waals surface area contributed by atoms with Gasteiger partial charge in [0, 0.05) is 78.2 Å². The number of anilines is 1. The molecule has 3 heterocycles. The van der Waals surface area contributed by atoms with Crippen LogP contribution in [-0.4, -0.2) is 109 Å². The first kappa shape index (κ1) is 32.3. The minimum absolute atomic E-state index is 0.0229. The van der Waals surface area contributed by atoms with Crippen molar-refractivity contribution < 1.29 is 52.4 Å². The molecule has 2 aliphatic heterocycles. The van der Waals surface area contributed by atoms with Gasteiger partial charge in [-0.2, -0.15) is 0 Å². The van der Waals surface area contributed by atoms with Crippen LogP contribution >= 0.6 is 0 Å². The molecular weight excluding hydrogens is 597 g/mol. The molecule has 2 aromatic rings. The third kappa shape index (κ3) is 6.94. The maximum atomic E-state index is 15.5. The van der Waals surface area contributed by atoms with Gasteiger partial charge in [-0.15, -0.1) is 0 Å². The zero-order chi connectivity index (χ0) is 32.6. The molecule has 45 heavy (non-hydrogen) atoms. The second-order valence-electron chi connectivity index (χ2n) is 11.4. The standard InChI is InChI=1S/C30H36FN3O11/c1-15(35)42-26-24(45-30(41-4)28(44-17(3)37)27(26)43-16(2)36)14-32-7-9-33(10-8-32)23-12-22-19(11-21(23)31)25(38)20(29(39)40)13-34(22)18-5-6-18/h11-13,18,24,26-28,30H,5-10,14H2,1-4H3,(H,39,40)/t24-,26-,27+,28-,30+/m1/s1. The molecular formula is C30H36FN3O11. The number of hydrogen-bond acceptors (Lipinski definition) is 12. The van der Waals surface area contributed by atoms with Gasteiger partial charge >= 0.3 is 23.9 Å². The van der Waals surface area contributed by atoms with E-state index in [1.54, 1.807) is 10.6 Å². The van der Waals surface area contributed by atoms with Crippen molar-refractivity contribution in [3.63, 3.8) is 0 Å². The molecule has 1 saturated carbocycles. The van der Waals surface area contributed by atoms with Crippen LogP contribution in [0.3, 0.4) is 0 Å². The van der Waals surface area contributed by atoms with Crippen LogP contribution in [0, 0.1) is 5.82 Å². The van der Waals surface area contributed by atoms with Crippen LogP contribution in [0.15, 0.2) is 23.1 Å². The minimum atomic E-state index is -1.35. The Morgan fingerprint density at radius 1 is 0.933 bits per heavy atom. The molecule has 0 bridgehead atoms. The van der Waals surface area contributed by atoms with Gasteiger partial charge in [-0.1, -0.05) is 0 Å². The highest BCUT2D eigenvalue weighted by molar-refractivity contribution is 5.93. The zero-order valence-corrected chi connectivity index (χ0v) is 25.4. The number of pyridine rings is 1. The Hall–Kier alpha value is -4.08. The average Bonchev–Trinajstić information content (AvgIpc) is 3.81. The summed E-state index contributed by atoms with van der Waals surface area (Å²) in [5.74, 6) is -3.99. The Kier molecular flexibility index (Phi) is 9.41. The van der Waals surface area contributed by atoms with E-state index in [2.05, 4.69) is 0 Å². The smallest absolute Gasteiger partial charge is 0.341 e. The fourth-order valence-corrected chi connectivity index (χ4v) is 6.03. The summed E-state index contributed by atoms with van der Waals surface area (Å²) in [6.07, 6.45) is -2.44. The molecule has 14 nitrogen and oxygen atoms in total. The summed E-state index contributed by atoms with van der Waals surface area (Å²) in [6.45, 7) is 5.46. The number of rotatable bonds is 9. The van der Waals surface area contributed by atoms with Gasteiger partial charge in [0.05, 0.1) is 11.2 Å². The highest BCUT2D eigenvalue weighted by atomic mass is 19.1. The second-order valence-corrected chi connectivity index (χ2v) is 11.4. The first-order chi connectivity index (χ1) is 21.4. The predicted octanol–water partition coefficient (Wildman–Crippen LogP) is 1.46. The van der Waals surface area contributed by atoms with Crippen LogP contribution in [-0.2, 0) is 38.1 Å². The quantitative estimate of drug-likeness (QED) is 0.312. The van der Waals surface area contributed by atoms with E-state index in [0.29, 0.717) is 37.4 Å². The van der Waals surface area contributed by atoms with Crippen molar-refractivity contribution in [1.29, 1.82) is 0 Å². The predicted molar refractivity (Wildman–Crippen MR) is 154 cm³/mol. The van der Waals surface area contributed by atoms with Gasteiger partial charge in [-0.25, -0.2) is 9.18 Å². The van der Waals surface area contributed by atoms with Crippen LogP contribution in [0.5, 0.6) is 0 Å². The van der Waals surface area contributed by atoms with E-state index in [1.807, 2.05) is 9.80 Å². The summed E-state index contributed by atoms with van der Waals surface area (Å²) < 4.78 is 45.1. The molecule has 1 N–H and O–H groups in total. The molecule has 1 aliphatic carbocycles. The maximum Gasteiger partial charge on any atom is 0.341 e. The number of aromatic carboxylic acids is 1. The van der Waals surface area contributed by atoms with Crippen molar-refractivity contribution in [2.75, 3.05) is 44.7 Å². The summed E-state index contributed by atoms with van der Waals surface area (Å²) in [6, 6.07) is 2.77. The number of carbonyl (C=O) groups is 4. The summed E-state index contributed by atoms with van der Waals surface area (Å²) in [4.78, 5) is 64.3. The van der Waals surface area contributed by atoms with E-state index >= 15 is 4.39 Å². The molecule has 5 rings (SSSR count). The number of halogens is 1. The van der Waals surface area contributed by atoms with Gasteiger partial charge in [-0.3, -0.25) is 24.1 Å². The Morgan fingerprint density at radius 3 is 2.09 bits per heavy atom. The molecule has 15 heteroatoms. The van der Waals surface area contributed by atoms with Crippen LogP contribution in [0.25, 0.3) is 10.9 Å². The highest BCUT2D eigenvalue weighted by Gasteiger charge is 2.52. The summed E-state index contributed by atoms with van der Waals surface area (Å²) in [5, 5.41) is 9.53. The second kappa shape index (κ2) is 13.1. The highest BCUT2D eigenvalue weighted by Crippen LogP contribution is 2.38. The fourth-order valence-electron chi connectivity index (χ4n) is 6.03. The Morgan fingerprint density at radius 2 is 1.53 bits per heavy atom. The Labute approximate surface area is 257 Å². The number of carboxylic acids is 1. The van der Waals surface area contributed by atoms with Gasteiger partial charge in [0.2, 0.25) is 5.43 Å². The van der Waals surface area contributed by atoms with E-state index < -0.39 is 71.4 Å². The van der Waals surface area contributed by atoms with E-state index in [1.165, 1.54) is 34.1 Å². The molecule has 1 aromatic heterocycles.